The van der Waals surface area contributed by atoms with Crippen LogP contribution in [0.4, 0.5) is 0 Å². The van der Waals surface area contributed by atoms with Crippen molar-refractivity contribution in [3.05, 3.63) is 47.5 Å². The second-order valence-corrected chi connectivity index (χ2v) is 7.45. The first-order valence-corrected chi connectivity index (χ1v) is 8.98. The summed E-state index contributed by atoms with van der Waals surface area (Å²) in [4.78, 5) is 19.2. The molecule has 25 heavy (non-hydrogen) atoms. The number of hydrogen-bond acceptors (Lipinski definition) is 4. The predicted octanol–water partition coefficient (Wildman–Crippen LogP) is 1.76. The molecule has 1 amide bonds. The highest BCUT2D eigenvalue weighted by molar-refractivity contribution is 5.81. The van der Waals surface area contributed by atoms with Crippen molar-refractivity contribution in [2.24, 2.45) is 7.05 Å². The van der Waals surface area contributed by atoms with Crippen molar-refractivity contribution >= 4 is 5.91 Å². The third-order valence-electron chi connectivity index (χ3n) is 5.65. The third kappa shape index (κ3) is 3.18. The maximum absolute atomic E-state index is 12.2. The Kier molecular flexibility index (Phi) is 4.07. The summed E-state index contributed by atoms with van der Waals surface area (Å²) in [5.74, 6) is 0.399. The van der Waals surface area contributed by atoms with Crippen LogP contribution in [0.1, 0.15) is 42.1 Å². The summed E-state index contributed by atoms with van der Waals surface area (Å²) in [6.45, 7) is 4.86. The number of pyridine rings is 1. The van der Waals surface area contributed by atoms with Crippen LogP contribution in [0, 0.1) is 6.92 Å². The van der Waals surface area contributed by atoms with Gasteiger partial charge in [0.15, 0.2) is 0 Å². The molecule has 1 N–H and O–H groups in total. The molecule has 6 heteroatoms. The van der Waals surface area contributed by atoms with Gasteiger partial charge in [0.05, 0.1) is 11.9 Å². The highest BCUT2D eigenvalue weighted by atomic mass is 16.2. The Balaban J connectivity index is 1.46. The number of aromatic nitrogens is 3. The van der Waals surface area contributed by atoms with Gasteiger partial charge < -0.3 is 5.32 Å². The monoisotopic (exact) mass is 339 g/mol. The zero-order valence-corrected chi connectivity index (χ0v) is 14.9. The lowest BCUT2D eigenvalue weighted by Crippen LogP contribution is -2.53. The largest absolute Gasteiger partial charge is 0.350 e. The number of carbonyl (C=O) groups is 1. The van der Waals surface area contributed by atoms with Crippen LogP contribution >= 0.6 is 0 Å². The molecule has 0 bridgehead atoms. The van der Waals surface area contributed by atoms with Gasteiger partial charge in [-0.25, -0.2) is 0 Å². The van der Waals surface area contributed by atoms with E-state index >= 15 is 0 Å². The molecule has 6 nitrogen and oxygen atoms in total. The minimum absolute atomic E-state index is 0.114. The van der Waals surface area contributed by atoms with Crippen LogP contribution in [0.3, 0.4) is 0 Å². The summed E-state index contributed by atoms with van der Waals surface area (Å²) >= 11 is 0. The Hall–Kier alpha value is -2.21. The molecule has 1 atom stereocenters. The number of nitrogens with zero attached hydrogens (tertiary/aromatic N) is 4. The summed E-state index contributed by atoms with van der Waals surface area (Å²) in [6, 6.07) is 6.19. The molecule has 0 radical (unpaired) electrons. The molecule has 0 unspecified atom stereocenters. The van der Waals surface area contributed by atoms with E-state index in [-0.39, 0.29) is 17.4 Å². The number of nitrogens with one attached hydrogen (secondary N) is 1. The fourth-order valence-corrected chi connectivity index (χ4v) is 4.35. The molecule has 4 rings (SSSR count). The van der Waals surface area contributed by atoms with Crippen molar-refractivity contribution in [1.82, 2.24) is 25.0 Å². The van der Waals surface area contributed by atoms with Gasteiger partial charge in [-0.1, -0.05) is 6.07 Å². The Morgan fingerprint density at radius 1 is 1.32 bits per heavy atom. The highest BCUT2D eigenvalue weighted by Gasteiger charge is 2.49. The smallest absolute Gasteiger partial charge is 0.221 e. The molecule has 0 saturated carbocycles. The molecule has 2 aromatic rings. The molecule has 0 aromatic carbocycles. The summed E-state index contributed by atoms with van der Waals surface area (Å²) < 4.78 is 1.82. The predicted molar refractivity (Wildman–Crippen MR) is 94.9 cm³/mol. The molecule has 2 aliphatic rings. The van der Waals surface area contributed by atoms with Crippen molar-refractivity contribution in [2.45, 2.75) is 44.2 Å². The average Bonchev–Trinajstić information content (AvgIpc) is 3.13. The molecule has 4 heterocycles. The zero-order chi connectivity index (χ0) is 17.4. The van der Waals surface area contributed by atoms with E-state index in [1.54, 1.807) is 0 Å². The van der Waals surface area contributed by atoms with E-state index < -0.39 is 0 Å². The number of carbonyl (C=O) groups excluding carboxylic acids is 1. The van der Waals surface area contributed by atoms with Gasteiger partial charge in [-0.2, -0.15) is 5.10 Å². The van der Waals surface area contributed by atoms with Crippen molar-refractivity contribution in [2.75, 3.05) is 13.1 Å². The lowest BCUT2D eigenvalue weighted by Gasteiger charge is -2.42. The summed E-state index contributed by atoms with van der Waals surface area (Å²) in [5.41, 5.74) is 3.24. The molecular weight excluding hydrogens is 314 g/mol. The van der Waals surface area contributed by atoms with Gasteiger partial charge in [-0.15, -0.1) is 0 Å². The molecule has 2 aliphatic heterocycles. The molecular formula is C19H25N5O. The van der Waals surface area contributed by atoms with E-state index in [9.17, 15) is 4.79 Å². The fourth-order valence-electron chi connectivity index (χ4n) is 4.35. The lowest BCUT2D eigenvalue weighted by atomic mass is 9.75. The molecule has 1 spiro atoms. The van der Waals surface area contributed by atoms with Crippen LogP contribution in [0.25, 0.3) is 0 Å². The Labute approximate surface area is 148 Å². The van der Waals surface area contributed by atoms with Gasteiger partial charge in [0.1, 0.15) is 0 Å². The van der Waals surface area contributed by atoms with Crippen molar-refractivity contribution in [3.8, 4) is 0 Å². The third-order valence-corrected chi connectivity index (χ3v) is 5.65. The number of rotatable bonds is 3. The molecule has 0 aliphatic carbocycles. The standard InChI is InChI=1S/C19H25N5O/c1-14-4-3-5-16(21-14)13-24-8-6-19(7-9-24)17(10-18(25)22-19)15-11-20-23(2)12-15/h3-5,11-12,17H,6-10,13H2,1-2H3,(H,22,25)/t17-/m1/s1. The summed E-state index contributed by atoms with van der Waals surface area (Å²) in [5, 5.41) is 7.60. The van der Waals surface area contributed by atoms with E-state index in [0.29, 0.717) is 6.42 Å². The maximum Gasteiger partial charge on any atom is 0.221 e. The minimum Gasteiger partial charge on any atom is -0.350 e. The van der Waals surface area contributed by atoms with E-state index in [1.807, 2.05) is 30.9 Å². The van der Waals surface area contributed by atoms with Crippen molar-refractivity contribution in [3.63, 3.8) is 0 Å². The number of piperidine rings is 1. The highest BCUT2D eigenvalue weighted by Crippen LogP contribution is 2.43. The number of likely N-dealkylation sites (tertiary alicyclic amines) is 1. The van der Waals surface area contributed by atoms with E-state index in [1.165, 1.54) is 5.56 Å². The van der Waals surface area contributed by atoms with Crippen LogP contribution in [0.2, 0.25) is 0 Å². The van der Waals surface area contributed by atoms with Crippen molar-refractivity contribution < 1.29 is 4.79 Å². The average molecular weight is 339 g/mol. The van der Waals surface area contributed by atoms with Crippen LogP contribution in [-0.2, 0) is 18.4 Å². The summed E-state index contributed by atoms with van der Waals surface area (Å²) in [6.07, 6.45) is 6.49. The number of amides is 1. The second kappa shape index (κ2) is 6.26. The molecule has 132 valence electrons. The number of hydrogen-bond donors (Lipinski definition) is 1. The normalized spacial score (nSPS) is 23.1. The number of aryl methyl sites for hydroxylation is 2. The lowest BCUT2D eigenvalue weighted by molar-refractivity contribution is -0.120. The van der Waals surface area contributed by atoms with E-state index in [0.717, 1.165) is 43.9 Å². The first kappa shape index (κ1) is 16.3. The van der Waals surface area contributed by atoms with Crippen LogP contribution in [0.15, 0.2) is 30.6 Å². The molecule has 2 aromatic heterocycles. The second-order valence-electron chi connectivity index (χ2n) is 7.45. The topological polar surface area (TPSA) is 63.1 Å². The van der Waals surface area contributed by atoms with Gasteiger partial charge in [0.25, 0.3) is 0 Å². The van der Waals surface area contributed by atoms with E-state index in [4.69, 9.17) is 0 Å². The molecule has 2 fully saturated rings. The zero-order valence-electron chi connectivity index (χ0n) is 14.9. The van der Waals surface area contributed by atoms with Gasteiger partial charge in [-0.3, -0.25) is 19.4 Å². The first-order chi connectivity index (χ1) is 12.0. The van der Waals surface area contributed by atoms with Gasteiger partial charge >= 0.3 is 0 Å². The Morgan fingerprint density at radius 3 is 2.80 bits per heavy atom. The van der Waals surface area contributed by atoms with Crippen molar-refractivity contribution in [1.29, 1.82) is 0 Å². The molecule has 2 saturated heterocycles. The SMILES string of the molecule is Cc1cccc(CN2CCC3(CC2)NC(=O)C[C@@H]3c2cnn(C)c2)n1. The van der Waals surface area contributed by atoms with Crippen LogP contribution in [-0.4, -0.2) is 44.2 Å². The Bertz CT molecular complexity index is 776. The summed E-state index contributed by atoms with van der Waals surface area (Å²) in [7, 11) is 1.93. The fraction of sp³-hybridized carbons (Fsp3) is 0.526. The van der Waals surface area contributed by atoms with Gasteiger partial charge in [0, 0.05) is 56.5 Å². The van der Waals surface area contributed by atoms with Crippen LogP contribution in [0.5, 0.6) is 0 Å². The van der Waals surface area contributed by atoms with Crippen LogP contribution < -0.4 is 5.32 Å². The quantitative estimate of drug-likeness (QED) is 0.926. The minimum atomic E-state index is -0.114. The maximum atomic E-state index is 12.2. The van der Waals surface area contributed by atoms with Gasteiger partial charge in [0.2, 0.25) is 5.91 Å². The van der Waals surface area contributed by atoms with Gasteiger partial charge in [-0.05, 0) is 37.5 Å². The van der Waals surface area contributed by atoms with E-state index in [2.05, 4.69) is 38.6 Å². The first-order valence-electron chi connectivity index (χ1n) is 8.98. The Morgan fingerprint density at radius 2 is 2.12 bits per heavy atom.